The van der Waals surface area contributed by atoms with Gasteiger partial charge in [-0.25, -0.2) is 4.98 Å². The van der Waals surface area contributed by atoms with Gasteiger partial charge in [-0.1, -0.05) is 11.6 Å². The molecule has 0 spiro atoms. The van der Waals surface area contributed by atoms with Crippen molar-refractivity contribution >= 4 is 39.7 Å². The molecule has 2 N–H and O–H groups in total. The van der Waals surface area contributed by atoms with Crippen molar-refractivity contribution in [2.75, 3.05) is 5.73 Å². The van der Waals surface area contributed by atoms with Gasteiger partial charge in [-0.2, -0.15) is 0 Å². The molecule has 1 aromatic carbocycles. The summed E-state index contributed by atoms with van der Waals surface area (Å²) in [7, 11) is 0. The number of benzene rings is 1. The minimum atomic E-state index is 0.542. The number of hydrogen-bond acceptors (Lipinski definition) is 4. The molecule has 3 nitrogen and oxygen atoms in total. The van der Waals surface area contributed by atoms with Gasteiger partial charge in [0.2, 0.25) is 5.89 Å². The van der Waals surface area contributed by atoms with Crippen LogP contribution in [0.1, 0.15) is 0 Å². The van der Waals surface area contributed by atoms with Crippen LogP contribution >= 0.6 is 22.9 Å². The third kappa shape index (κ3) is 1.47. The third-order valence-corrected chi connectivity index (χ3v) is 3.55. The third-order valence-electron chi connectivity index (χ3n) is 2.22. The molecule has 16 heavy (non-hydrogen) atoms. The molecular weight excluding hydrogens is 244 g/mol. The smallest absolute Gasteiger partial charge is 0.239 e. The zero-order valence-corrected chi connectivity index (χ0v) is 9.68. The Balaban J connectivity index is 2.23. The zero-order valence-electron chi connectivity index (χ0n) is 8.11. The number of aromatic nitrogens is 1. The molecule has 3 aromatic rings. The van der Waals surface area contributed by atoms with E-state index in [2.05, 4.69) is 4.98 Å². The lowest BCUT2D eigenvalue weighted by Crippen LogP contribution is -1.81. The second-order valence-corrected chi connectivity index (χ2v) is 4.67. The average Bonchev–Trinajstić information content (AvgIpc) is 2.82. The molecule has 80 valence electrons. The van der Waals surface area contributed by atoms with E-state index in [0.717, 1.165) is 10.4 Å². The highest BCUT2D eigenvalue weighted by Gasteiger charge is 2.12. The van der Waals surface area contributed by atoms with Gasteiger partial charge in [-0.15, -0.1) is 11.3 Å². The fourth-order valence-electron chi connectivity index (χ4n) is 1.48. The molecule has 0 radical (unpaired) electrons. The molecule has 3 rings (SSSR count). The van der Waals surface area contributed by atoms with Crippen molar-refractivity contribution in [3.05, 3.63) is 34.7 Å². The van der Waals surface area contributed by atoms with E-state index in [1.807, 2.05) is 17.5 Å². The first-order valence-electron chi connectivity index (χ1n) is 4.63. The first kappa shape index (κ1) is 9.69. The van der Waals surface area contributed by atoms with Gasteiger partial charge in [0.05, 0.1) is 5.02 Å². The molecule has 5 heteroatoms. The lowest BCUT2D eigenvalue weighted by Gasteiger charge is -1.89. The quantitative estimate of drug-likeness (QED) is 0.669. The van der Waals surface area contributed by atoms with Crippen LogP contribution in [-0.2, 0) is 0 Å². The Kier molecular flexibility index (Phi) is 2.12. The summed E-state index contributed by atoms with van der Waals surface area (Å²) in [6.07, 6.45) is 0. The maximum absolute atomic E-state index is 6.02. The van der Waals surface area contributed by atoms with Crippen LogP contribution in [0.2, 0.25) is 5.02 Å². The number of anilines is 1. The molecule has 0 unspecified atom stereocenters. The molecule has 0 aliphatic rings. The molecular formula is C11H7ClN2OS. The molecule has 0 fully saturated rings. The van der Waals surface area contributed by atoms with E-state index in [0.29, 0.717) is 22.2 Å². The van der Waals surface area contributed by atoms with Crippen LogP contribution in [0, 0.1) is 0 Å². The highest BCUT2D eigenvalue weighted by Crippen LogP contribution is 2.34. The highest BCUT2D eigenvalue weighted by molar-refractivity contribution is 7.14. The Bertz CT molecular complexity index is 659. The van der Waals surface area contributed by atoms with Crippen molar-refractivity contribution in [2.24, 2.45) is 0 Å². The maximum Gasteiger partial charge on any atom is 0.239 e. The van der Waals surface area contributed by atoms with Crippen molar-refractivity contribution in [1.29, 1.82) is 0 Å². The molecule has 0 saturated carbocycles. The largest absolute Gasteiger partial charge is 0.435 e. The topological polar surface area (TPSA) is 52.0 Å². The van der Waals surface area contributed by atoms with Crippen LogP contribution in [0.4, 0.5) is 5.69 Å². The molecule has 0 aliphatic carbocycles. The average molecular weight is 251 g/mol. The lowest BCUT2D eigenvalue weighted by molar-refractivity contribution is 0.622. The van der Waals surface area contributed by atoms with Crippen LogP contribution in [0.3, 0.4) is 0 Å². The molecule has 0 aliphatic heterocycles. The van der Waals surface area contributed by atoms with Gasteiger partial charge in [-0.05, 0) is 23.6 Å². The monoisotopic (exact) mass is 250 g/mol. The number of oxazole rings is 1. The fourth-order valence-corrected chi connectivity index (χ4v) is 2.55. The minimum absolute atomic E-state index is 0.542. The molecule has 2 aromatic heterocycles. The second-order valence-electron chi connectivity index (χ2n) is 3.34. The van der Waals surface area contributed by atoms with Crippen LogP contribution < -0.4 is 5.73 Å². The van der Waals surface area contributed by atoms with Crippen LogP contribution in [0.15, 0.2) is 34.1 Å². The lowest BCUT2D eigenvalue weighted by atomic mass is 10.3. The molecule has 0 atom stereocenters. The summed E-state index contributed by atoms with van der Waals surface area (Å²) in [4.78, 5) is 5.20. The van der Waals surface area contributed by atoms with Crippen LogP contribution in [0.5, 0.6) is 0 Å². The Morgan fingerprint density at radius 2 is 2.19 bits per heavy atom. The predicted molar refractivity (Wildman–Crippen MR) is 66.7 cm³/mol. The van der Waals surface area contributed by atoms with Crippen molar-refractivity contribution < 1.29 is 4.42 Å². The fraction of sp³-hybridized carbons (Fsp3) is 0. The van der Waals surface area contributed by atoms with E-state index in [1.54, 1.807) is 12.1 Å². The summed E-state index contributed by atoms with van der Waals surface area (Å²) in [6.45, 7) is 0. The maximum atomic E-state index is 6.02. The summed E-state index contributed by atoms with van der Waals surface area (Å²) in [5.74, 6) is 0.542. The summed E-state index contributed by atoms with van der Waals surface area (Å²) in [6, 6.07) is 7.21. The van der Waals surface area contributed by atoms with Gasteiger partial charge in [0.25, 0.3) is 0 Å². The molecule has 0 saturated heterocycles. The number of nitrogens with two attached hydrogens (primary N) is 1. The van der Waals surface area contributed by atoms with Crippen molar-refractivity contribution in [3.8, 4) is 10.8 Å². The Morgan fingerprint density at radius 3 is 2.94 bits per heavy atom. The molecule has 0 bridgehead atoms. The number of rotatable bonds is 1. The van der Waals surface area contributed by atoms with E-state index >= 15 is 0 Å². The van der Waals surface area contributed by atoms with E-state index in [4.69, 9.17) is 21.8 Å². The van der Waals surface area contributed by atoms with Crippen LogP contribution in [-0.4, -0.2) is 4.98 Å². The Labute approximate surface area is 100 Å². The van der Waals surface area contributed by atoms with Gasteiger partial charge in [0.15, 0.2) is 5.58 Å². The van der Waals surface area contributed by atoms with Gasteiger partial charge in [0.1, 0.15) is 10.4 Å². The normalized spacial score (nSPS) is 11.1. The van der Waals surface area contributed by atoms with Gasteiger partial charge in [0, 0.05) is 11.8 Å². The van der Waals surface area contributed by atoms with E-state index in [9.17, 15) is 0 Å². The van der Waals surface area contributed by atoms with E-state index in [1.165, 1.54) is 11.3 Å². The first-order valence-corrected chi connectivity index (χ1v) is 5.89. The number of hydrogen-bond donors (Lipinski definition) is 1. The van der Waals surface area contributed by atoms with Crippen molar-refractivity contribution in [3.63, 3.8) is 0 Å². The Hall–Kier alpha value is -1.52. The summed E-state index contributed by atoms with van der Waals surface area (Å²) >= 11 is 7.52. The first-order chi connectivity index (χ1) is 7.74. The SMILES string of the molecule is Nc1ccc2nc(-c3sccc3Cl)oc2c1. The summed E-state index contributed by atoms with van der Waals surface area (Å²) < 4.78 is 5.61. The number of thiophene rings is 1. The molecule has 2 heterocycles. The number of nitrogens with zero attached hydrogens (tertiary/aromatic N) is 1. The Morgan fingerprint density at radius 1 is 1.31 bits per heavy atom. The predicted octanol–water partition coefficient (Wildman–Crippen LogP) is 3.79. The number of halogens is 1. The van der Waals surface area contributed by atoms with Crippen molar-refractivity contribution in [1.82, 2.24) is 4.98 Å². The van der Waals surface area contributed by atoms with Gasteiger partial charge in [-0.3, -0.25) is 0 Å². The summed E-state index contributed by atoms with van der Waals surface area (Å²) in [5, 5.41) is 2.56. The van der Waals surface area contributed by atoms with E-state index in [-0.39, 0.29) is 0 Å². The van der Waals surface area contributed by atoms with E-state index < -0.39 is 0 Å². The minimum Gasteiger partial charge on any atom is -0.435 e. The highest BCUT2D eigenvalue weighted by atomic mass is 35.5. The number of fused-ring (bicyclic) bond motifs is 1. The molecule has 0 amide bonds. The zero-order chi connectivity index (χ0) is 11.1. The van der Waals surface area contributed by atoms with Crippen molar-refractivity contribution in [2.45, 2.75) is 0 Å². The second kappa shape index (κ2) is 3.50. The van der Waals surface area contributed by atoms with Gasteiger partial charge < -0.3 is 10.2 Å². The number of nitrogen functional groups attached to an aromatic ring is 1. The van der Waals surface area contributed by atoms with Gasteiger partial charge >= 0.3 is 0 Å². The summed E-state index contributed by atoms with van der Waals surface area (Å²) in [5.41, 5.74) is 7.80. The standard InChI is InChI=1S/C11H7ClN2OS/c12-7-3-4-16-10(7)11-14-8-2-1-6(13)5-9(8)15-11/h1-5H,13H2. The van der Waals surface area contributed by atoms with Crippen LogP contribution in [0.25, 0.3) is 21.9 Å².